The summed E-state index contributed by atoms with van der Waals surface area (Å²) in [6.45, 7) is 3.38. The van der Waals surface area contributed by atoms with Gasteiger partial charge in [-0.05, 0) is 12.5 Å². The Labute approximate surface area is 111 Å². The molecule has 1 aliphatic rings. The number of aromatic nitrogens is 3. The largest absolute Gasteiger partial charge is 0.354 e. The second kappa shape index (κ2) is 4.53. The molecular weight excluding hydrogens is 242 g/mol. The molecule has 3 rings (SSSR count). The summed E-state index contributed by atoms with van der Waals surface area (Å²) in [6, 6.07) is 4.13. The molecule has 0 aliphatic carbocycles. The molecule has 19 heavy (non-hydrogen) atoms. The zero-order chi connectivity index (χ0) is 13.4. The average molecular weight is 259 g/mol. The summed E-state index contributed by atoms with van der Waals surface area (Å²) in [6.07, 6.45) is 4.64. The fourth-order valence-corrected chi connectivity index (χ4v) is 2.50. The van der Waals surface area contributed by atoms with Gasteiger partial charge in [0.1, 0.15) is 5.82 Å². The van der Waals surface area contributed by atoms with Crippen molar-refractivity contribution in [1.82, 2.24) is 19.5 Å². The van der Waals surface area contributed by atoms with Gasteiger partial charge >= 0.3 is 0 Å². The predicted molar refractivity (Wildman–Crippen MR) is 72.0 cm³/mol. The SMILES string of the molecule is CC(=O)N(C)C1CCN(c2ccn3nccc3n2)C1. The van der Waals surface area contributed by atoms with Crippen LogP contribution in [-0.2, 0) is 4.79 Å². The van der Waals surface area contributed by atoms with E-state index in [0.717, 1.165) is 31.0 Å². The maximum atomic E-state index is 11.4. The van der Waals surface area contributed by atoms with Crippen LogP contribution in [0.15, 0.2) is 24.5 Å². The Bertz CT molecular complexity index is 608. The van der Waals surface area contributed by atoms with Crippen LogP contribution in [0.4, 0.5) is 5.82 Å². The molecule has 3 heterocycles. The molecule has 0 bridgehead atoms. The summed E-state index contributed by atoms with van der Waals surface area (Å²) >= 11 is 0. The van der Waals surface area contributed by atoms with Crippen LogP contribution >= 0.6 is 0 Å². The van der Waals surface area contributed by atoms with E-state index in [4.69, 9.17) is 0 Å². The highest BCUT2D eigenvalue weighted by atomic mass is 16.2. The minimum absolute atomic E-state index is 0.117. The van der Waals surface area contributed by atoms with E-state index in [0.29, 0.717) is 0 Å². The second-order valence-corrected chi connectivity index (χ2v) is 4.94. The normalized spacial score (nSPS) is 19.1. The van der Waals surface area contributed by atoms with Gasteiger partial charge < -0.3 is 9.80 Å². The molecule has 1 saturated heterocycles. The molecular formula is C13H17N5O. The van der Waals surface area contributed by atoms with Gasteiger partial charge in [0.15, 0.2) is 5.65 Å². The molecule has 1 atom stereocenters. The van der Waals surface area contributed by atoms with Crippen LogP contribution in [0.1, 0.15) is 13.3 Å². The van der Waals surface area contributed by atoms with E-state index in [1.807, 2.05) is 30.3 Å². The van der Waals surface area contributed by atoms with Crippen molar-refractivity contribution in [2.45, 2.75) is 19.4 Å². The van der Waals surface area contributed by atoms with E-state index in [2.05, 4.69) is 15.0 Å². The van der Waals surface area contributed by atoms with Crippen LogP contribution in [0, 0.1) is 0 Å². The maximum Gasteiger partial charge on any atom is 0.219 e. The lowest BCUT2D eigenvalue weighted by Gasteiger charge is -2.23. The van der Waals surface area contributed by atoms with Gasteiger partial charge in [0, 0.05) is 39.3 Å². The monoisotopic (exact) mass is 259 g/mol. The number of hydrogen-bond acceptors (Lipinski definition) is 4. The average Bonchev–Trinajstić information content (AvgIpc) is 3.05. The van der Waals surface area contributed by atoms with Crippen molar-refractivity contribution in [3.05, 3.63) is 24.5 Å². The zero-order valence-electron chi connectivity index (χ0n) is 11.2. The van der Waals surface area contributed by atoms with E-state index in [1.54, 1.807) is 17.6 Å². The van der Waals surface area contributed by atoms with Crippen LogP contribution in [0.25, 0.3) is 5.65 Å². The molecule has 6 nitrogen and oxygen atoms in total. The van der Waals surface area contributed by atoms with Crippen LogP contribution in [0.3, 0.4) is 0 Å². The van der Waals surface area contributed by atoms with Gasteiger partial charge in [0.25, 0.3) is 0 Å². The molecule has 2 aromatic heterocycles. The Morgan fingerprint density at radius 2 is 2.32 bits per heavy atom. The third-order valence-corrected chi connectivity index (χ3v) is 3.78. The maximum absolute atomic E-state index is 11.4. The third kappa shape index (κ3) is 2.14. The van der Waals surface area contributed by atoms with E-state index in [9.17, 15) is 4.79 Å². The van der Waals surface area contributed by atoms with Gasteiger partial charge in [-0.15, -0.1) is 0 Å². The van der Waals surface area contributed by atoms with Crippen molar-refractivity contribution in [3.63, 3.8) is 0 Å². The lowest BCUT2D eigenvalue weighted by Crippen LogP contribution is -2.37. The molecule has 1 aliphatic heterocycles. The second-order valence-electron chi connectivity index (χ2n) is 4.94. The number of fused-ring (bicyclic) bond motifs is 1. The minimum Gasteiger partial charge on any atom is -0.354 e. The summed E-state index contributed by atoms with van der Waals surface area (Å²) < 4.78 is 1.75. The number of rotatable bonds is 2. The molecule has 100 valence electrons. The first-order chi connectivity index (χ1) is 9.15. The van der Waals surface area contributed by atoms with Crippen LogP contribution in [-0.4, -0.2) is 51.6 Å². The Balaban J connectivity index is 1.78. The van der Waals surface area contributed by atoms with Crippen LogP contribution in [0.2, 0.25) is 0 Å². The number of likely N-dealkylation sites (N-methyl/N-ethyl adjacent to an activating group) is 1. The summed E-state index contributed by atoms with van der Waals surface area (Å²) in [5, 5.41) is 4.14. The summed E-state index contributed by atoms with van der Waals surface area (Å²) in [5.41, 5.74) is 0.848. The predicted octanol–water partition coefficient (Wildman–Crippen LogP) is 0.786. The number of carbonyl (C=O) groups is 1. The van der Waals surface area contributed by atoms with Crippen molar-refractivity contribution >= 4 is 17.4 Å². The summed E-state index contributed by atoms with van der Waals surface area (Å²) in [4.78, 5) is 20.0. The highest BCUT2D eigenvalue weighted by Gasteiger charge is 2.27. The third-order valence-electron chi connectivity index (χ3n) is 3.78. The van der Waals surface area contributed by atoms with Gasteiger partial charge in [-0.3, -0.25) is 4.79 Å². The molecule has 6 heteroatoms. The fraction of sp³-hybridized carbons (Fsp3) is 0.462. The smallest absolute Gasteiger partial charge is 0.219 e. The highest BCUT2D eigenvalue weighted by Crippen LogP contribution is 2.21. The van der Waals surface area contributed by atoms with E-state index in [1.165, 1.54) is 0 Å². The number of hydrogen-bond donors (Lipinski definition) is 0. The van der Waals surface area contributed by atoms with Crippen molar-refractivity contribution in [3.8, 4) is 0 Å². The van der Waals surface area contributed by atoms with Crippen molar-refractivity contribution < 1.29 is 4.79 Å². The topological polar surface area (TPSA) is 53.7 Å². The Hall–Kier alpha value is -2.11. The van der Waals surface area contributed by atoms with Crippen LogP contribution < -0.4 is 4.90 Å². The summed E-state index contributed by atoms with van der Waals surface area (Å²) in [7, 11) is 1.87. The summed E-state index contributed by atoms with van der Waals surface area (Å²) in [5.74, 6) is 1.07. The lowest BCUT2D eigenvalue weighted by molar-refractivity contribution is -0.129. The van der Waals surface area contributed by atoms with Gasteiger partial charge in [-0.2, -0.15) is 5.10 Å². The minimum atomic E-state index is 0.117. The quantitative estimate of drug-likeness (QED) is 0.800. The number of anilines is 1. The fourth-order valence-electron chi connectivity index (χ4n) is 2.50. The number of amides is 1. The van der Waals surface area contributed by atoms with Crippen molar-refractivity contribution in [1.29, 1.82) is 0 Å². The van der Waals surface area contributed by atoms with Crippen molar-refractivity contribution in [2.24, 2.45) is 0 Å². The number of nitrogens with zero attached hydrogens (tertiary/aromatic N) is 5. The van der Waals surface area contributed by atoms with Gasteiger partial charge in [-0.1, -0.05) is 0 Å². The molecule has 0 saturated carbocycles. The molecule has 0 spiro atoms. The lowest BCUT2D eigenvalue weighted by atomic mass is 10.2. The van der Waals surface area contributed by atoms with E-state index >= 15 is 0 Å². The molecule has 0 radical (unpaired) electrons. The zero-order valence-corrected chi connectivity index (χ0v) is 11.2. The molecule has 1 fully saturated rings. The standard InChI is InChI=1S/C13H17N5O/c1-10(19)16(2)11-4-7-17(9-11)12-5-8-18-13(15-12)3-6-14-18/h3,5-6,8,11H,4,7,9H2,1-2H3. The number of carbonyl (C=O) groups excluding carboxylic acids is 1. The Kier molecular flexibility index (Phi) is 2.85. The van der Waals surface area contributed by atoms with Gasteiger partial charge in [-0.25, -0.2) is 9.50 Å². The van der Waals surface area contributed by atoms with E-state index < -0.39 is 0 Å². The molecule has 0 N–H and O–H groups in total. The first kappa shape index (κ1) is 12.0. The van der Waals surface area contributed by atoms with Gasteiger partial charge in [0.2, 0.25) is 5.91 Å². The molecule has 1 amide bonds. The first-order valence-electron chi connectivity index (χ1n) is 6.44. The Morgan fingerprint density at radius 3 is 3.11 bits per heavy atom. The molecule has 1 unspecified atom stereocenters. The van der Waals surface area contributed by atoms with E-state index in [-0.39, 0.29) is 11.9 Å². The Morgan fingerprint density at radius 1 is 1.47 bits per heavy atom. The van der Waals surface area contributed by atoms with Crippen molar-refractivity contribution in [2.75, 3.05) is 25.0 Å². The highest BCUT2D eigenvalue weighted by molar-refractivity contribution is 5.73. The molecule has 2 aromatic rings. The first-order valence-corrected chi connectivity index (χ1v) is 6.44. The molecule has 0 aromatic carbocycles. The van der Waals surface area contributed by atoms with Gasteiger partial charge in [0.05, 0.1) is 12.2 Å². The van der Waals surface area contributed by atoms with Crippen LogP contribution in [0.5, 0.6) is 0 Å².